The van der Waals surface area contributed by atoms with Gasteiger partial charge in [-0.05, 0) is 57.1 Å². The summed E-state index contributed by atoms with van der Waals surface area (Å²) < 4.78 is 46.8. The third-order valence-electron chi connectivity index (χ3n) is 8.14. The summed E-state index contributed by atoms with van der Waals surface area (Å²) in [6, 6.07) is 6.29. The lowest BCUT2D eigenvalue weighted by atomic mass is 9.75. The molecule has 192 valence electrons. The van der Waals surface area contributed by atoms with Crippen molar-refractivity contribution in [2.24, 2.45) is 5.92 Å². The van der Waals surface area contributed by atoms with Gasteiger partial charge >= 0.3 is 6.18 Å². The number of hydrogen-bond donors (Lipinski definition) is 0. The summed E-state index contributed by atoms with van der Waals surface area (Å²) in [5.41, 5.74) is -2.50. The van der Waals surface area contributed by atoms with Crippen molar-refractivity contribution in [3.05, 3.63) is 41.9 Å². The number of alkyl halides is 3. The molecule has 0 radical (unpaired) electrons. The molecule has 0 aromatic carbocycles. The van der Waals surface area contributed by atoms with Gasteiger partial charge in [-0.15, -0.1) is 0 Å². The zero-order chi connectivity index (χ0) is 26.1. The molecule has 2 saturated carbocycles. The van der Waals surface area contributed by atoms with Gasteiger partial charge in [-0.2, -0.15) is 18.4 Å². The molecule has 1 spiro atoms. The van der Waals surface area contributed by atoms with Gasteiger partial charge in [0.15, 0.2) is 10.8 Å². The number of amides is 1. The smallest absolute Gasteiger partial charge is 0.419 e. The number of rotatable bonds is 4. The Bertz CT molecular complexity index is 1320. The molecule has 1 unspecified atom stereocenters. The monoisotopic (exact) mass is 528 g/mol. The molecule has 0 N–H and O–H groups in total. The van der Waals surface area contributed by atoms with Crippen molar-refractivity contribution in [2.75, 3.05) is 23.4 Å². The molecule has 1 amide bonds. The minimum absolute atomic E-state index is 0.0518. The van der Waals surface area contributed by atoms with E-state index < -0.39 is 28.9 Å². The van der Waals surface area contributed by atoms with Crippen molar-refractivity contribution < 1.29 is 22.7 Å². The minimum Gasteiger partial charge on any atom is -0.474 e. The molecule has 6 rings (SSSR count). The van der Waals surface area contributed by atoms with Gasteiger partial charge in [0.1, 0.15) is 17.7 Å². The van der Waals surface area contributed by atoms with Crippen LogP contribution in [-0.4, -0.2) is 57.2 Å². The average Bonchev–Trinajstić information content (AvgIpc) is 3.47. The van der Waals surface area contributed by atoms with E-state index in [0.717, 1.165) is 43.0 Å². The number of halogens is 3. The van der Waals surface area contributed by atoms with Crippen LogP contribution in [-0.2, 0) is 11.0 Å². The Morgan fingerprint density at radius 1 is 1.19 bits per heavy atom. The lowest BCUT2D eigenvalue weighted by Gasteiger charge is -2.42. The summed E-state index contributed by atoms with van der Waals surface area (Å²) in [5, 5.41) is 9.12. The number of aromatic nitrogens is 2. The molecule has 3 atom stereocenters. The van der Waals surface area contributed by atoms with Gasteiger partial charge in [-0.1, -0.05) is 0 Å². The number of carbonyl (C=O) groups excluding carboxylic acids is 1. The normalized spacial score (nSPS) is 26.6. The maximum atomic E-state index is 13.6. The van der Waals surface area contributed by atoms with E-state index in [2.05, 4.69) is 21.9 Å². The van der Waals surface area contributed by atoms with E-state index >= 15 is 0 Å². The lowest BCUT2D eigenvalue weighted by molar-refractivity contribution is -0.138. The molecular weight excluding hydrogens is 505 g/mol. The van der Waals surface area contributed by atoms with E-state index in [9.17, 15) is 18.0 Å². The lowest BCUT2D eigenvalue weighted by Crippen LogP contribution is -2.55. The molecule has 2 aliphatic heterocycles. The van der Waals surface area contributed by atoms with Crippen molar-refractivity contribution in [3.63, 3.8) is 0 Å². The summed E-state index contributed by atoms with van der Waals surface area (Å²) in [6.45, 7) is 1.01. The van der Waals surface area contributed by atoms with Crippen LogP contribution in [0.2, 0.25) is 0 Å². The number of nitriles is 1. The van der Waals surface area contributed by atoms with Crippen LogP contribution in [0.25, 0.3) is 0 Å². The first kappa shape index (κ1) is 24.1. The van der Waals surface area contributed by atoms with Crippen LogP contribution in [0.4, 0.5) is 24.5 Å². The second-order valence-electron chi connectivity index (χ2n) is 10.2. The largest absolute Gasteiger partial charge is 0.474 e. The molecule has 2 bridgehead atoms. The van der Waals surface area contributed by atoms with Crippen molar-refractivity contribution in [1.82, 2.24) is 14.9 Å². The summed E-state index contributed by atoms with van der Waals surface area (Å²) in [5.74, 6) is 0.565. The van der Waals surface area contributed by atoms with E-state index in [1.165, 1.54) is 6.07 Å². The fourth-order valence-corrected chi connectivity index (χ4v) is 6.56. The number of likely N-dealkylation sites (tertiary alicyclic amines) is 1. The second kappa shape index (κ2) is 8.36. The zero-order valence-electron chi connectivity index (χ0n) is 19.9. The second-order valence-corrected chi connectivity index (χ2v) is 10.5. The third-order valence-corrected chi connectivity index (χ3v) is 8.50. The molecule has 4 fully saturated rings. The Morgan fingerprint density at radius 2 is 1.95 bits per heavy atom. The first-order valence-corrected chi connectivity index (χ1v) is 12.5. The molecule has 4 heterocycles. The van der Waals surface area contributed by atoms with Crippen molar-refractivity contribution in [1.29, 1.82) is 5.26 Å². The number of piperidine rings is 1. The number of nitrogens with zero attached hydrogens (tertiary/aromatic N) is 6. The van der Waals surface area contributed by atoms with Crippen molar-refractivity contribution in [3.8, 4) is 11.9 Å². The van der Waals surface area contributed by atoms with Crippen molar-refractivity contribution >= 4 is 34.6 Å². The number of ether oxygens (including phenoxy) is 1. The van der Waals surface area contributed by atoms with E-state index in [-0.39, 0.29) is 16.9 Å². The molecule has 2 aromatic rings. The molecule has 2 saturated heterocycles. The minimum atomic E-state index is -4.81. The third kappa shape index (κ3) is 3.67. The predicted molar refractivity (Wildman–Crippen MR) is 131 cm³/mol. The molecule has 2 aromatic heterocycles. The van der Waals surface area contributed by atoms with Gasteiger partial charge in [0.05, 0.1) is 29.3 Å². The highest BCUT2D eigenvalue weighted by Gasteiger charge is 2.60. The molecular formula is C25H23F3N6O2S. The molecule has 8 nitrogen and oxygen atoms in total. The Labute approximate surface area is 216 Å². The van der Waals surface area contributed by atoms with Crippen LogP contribution in [0, 0.1) is 17.2 Å². The maximum Gasteiger partial charge on any atom is 0.419 e. The number of hydrogen-bond acceptors (Lipinski definition) is 7. The standard InChI is InChI=1S/C25H23F3N6O2S/c1-32-13-14-7-16(32)9-20(14)36-21-4-3-15(11-31-21)34-23(37)33(22(35)24(34)5-2-6-24)17-8-18(25(26,27)28)19(10-29)30-12-17/h3-4,8,11-12,14,16,20H,2,5-7,9,13H2,1H3/t14-,16+,20?/m0/s1. The summed E-state index contributed by atoms with van der Waals surface area (Å²) in [6.07, 6.45) is 1.88. The summed E-state index contributed by atoms with van der Waals surface area (Å²) in [7, 11) is 2.13. The molecule has 37 heavy (non-hydrogen) atoms. The SMILES string of the molecule is CN1C[C@@H]2C[C@@H]1CC2Oc1ccc(N2C(=S)N(c3cnc(C#N)c(C(F)(F)F)c3)C(=O)C23CCC3)cn1. The predicted octanol–water partition coefficient (Wildman–Crippen LogP) is 3.90. The Balaban J connectivity index is 1.28. The van der Waals surface area contributed by atoms with Gasteiger partial charge in [-0.25, -0.2) is 9.97 Å². The number of carbonyl (C=O) groups is 1. The summed E-state index contributed by atoms with van der Waals surface area (Å²) >= 11 is 5.64. The molecule has 12 heteroatoms. The fraction of sp³-hybridized carbons (Fsp3) is 0.480. The maximum absolute atomic E-state index is 13.6. The summed E-state index contributed by atoms with van der Waals surface area (Å²) in [4.78, 5) is 26.9. The van der Waals surface area contributed by atoms with Crippen LogP contribution < -0.4 is 14.5 Å². The van der Waals surface area contributed by atoms with Crippen LogP contribution in [0.3, 0.4) is 0 Å². The van der Waals surface area contributed by atoms with Gasteiger partial charge in [-0.3, -0.25) is 9.69 Å². The first-order chi connectivity index (χ1) is 17.6. The highest BCUT2D eigenvalue weighted by atomic mass is 32.1. The van der Waals surface area contributed by atoms with Gasteiger partial charge in [0.25, 0.3) is 5.91 Å². The molecule has 4 aliphatic rings. The average molecular weight is 529 g/mol. The highest BCUT2D eigenvalue weighted by molar-refractivity contribution is 7.81. The number of fused-ring (bicyclic) bond motifs is 2. The highest BCUT2D eigenvalue weighted by Crippen LogP contribution is 2.48. The van der Waals surface area contributed by atoms with Crippen molar-refractivity contribution in [2.45, 2.75) is 56.0 Å². The van der Waals surface area contributed by atoms with E-state index in [0.29, 0.717) is 36.4 Å². The first-order valence-electron chi connectivity index (χ1n) is 12.1. The van der Waals surface area contributed by atoms with Crippen LogP contribution >= 0.6 is 12.2 Å². The number of anilines is 2. The van der Waals surface area contributed by atoms with Gasteiger partial charge < -0.3 is 14.5 Å². The Hall–Kier alpha value is -3.30. The number of thiocarbonyl (C=S) groups is 1. The van der Waals surface area contributed by atoms with E-state index in [1.807, 2.05) is 0 Å². The molecule has 2 aliphatic carbocycles. The number of pyridine rings is 2. The van der Waals surface area contributed by atoms with Gasteiger partial charge in [0.2, 0.25) is 5.88 Å². The Morgan fingerprint density at radius 3 is 2.49 bits per heavy atom. The fourth-order valence-electron chi connectivity index (χ4n) is 6.09. The quantitative estimate of drug-likeness (QED) is 0.553. The van der Waals surface area contributed by atoms with E-state index in [4.69, 9.17) is 22.2 Å². The topological polar surface area (TPSA) is 85.6 Å². The van der Waals surface area contributed by atoms with Crippen LogP contribution in [0.1, 0.15) is 43.4 Å². The van der Waals surface area contributed by atoms with E-state index in [1.54, 1.807) is 23.2 Å². The Kier molecular flexibility index (Phi) is 5.44. The van der Waals surface area contributed by atoms with Crippen LogP contribution in [0.5, 0.6) is 5.88 Å². The van der Waals surface area contributed by atoms with Gasteiger partial charge in [0, 0.05) is 31.0 Å². The zero-order valence-corrected chi connectivity index (χ0v) is 20.7. The van der Waals surface area contributed by atoms with Crippen LogP contribution in [0.15, 0.2) is 30.6 Å².